The van der Waals surface area contributed by atoms with Crippen molar-refractivity contribution in [3.63, 3.8) is 0 Å². The number of nitrogens with zero attached hydrogens (tertiary/aromatic N) is 2. The van der Waals surface area contributed by atoms with E-state index in [1.54, 1.807) is 10.8 Å². The van der Waals surface area contributed by atoms with Crippen molar-refractivity contribution >= 4 is 5.69 Å². The molecule has 0 aliphatic carbocycles. The summed E-state index contributed by atoms with van der Waals surface area (Å²) >= 11 is 0. The molecule has 0 spiro atoms. The topological polar surface area (TPSA) is 74.4 Å². The molecule has 1 aromatic carbocycles. The summed E-state index contributed by atoms with van der Waals surface area (Å²) in [6.07, 6.45) is 4.53. The molecule has 6 nitrogen and oxygen atoms in total. The van der Waals surface area contributed by atoms with Gasteiger partial charge in [-0.25, -0.2) is 0 Å². The van der Waals surface area contributed by atoms with E-state index in [0.29, 0.717) is 6.54 Å². The Morgan fingerprint density at radius 1 is 1.33 bits per heavy atom. The van der Waals surface area contributed by atoms with E-state index in [0.717, 1.165) is 30.8 Å². The Morgan fingerprint density at radius 2 is 2.19 bits per heavy atom. The van der Waals surface area contributed by atoms with Gasteiger partial charge in [-0.15, -0.1) is 0 Å². The lowest BCUT2D eigenvalue weighted by molar-refractivity contribution is -0.386. The van der Waals surface area contributed by atoms with E-state index < -0.39 is 10.4 Å². The smallest absolute Gasteiger partial charge is 0.332 e. The molecule has 0 saturated carbocycles. The number of pyridine rings is 1. The second kappa shape index (κ2) is 5.40. The summed E-state index contributed by atoms with van der Waals surface area (Å²) in [4.78, 5) is 21.5. The van der Waals surface area contributed by atoms with Crippen LogP contribution < -0.4 is 10.2 Å². The van der Waals surface area contributed by atoms with Crippen molar-refractivity contribution in [3.8, 4) is 5.75 Å². The second-order valence-corrected chi connectivity index (χ2v) is 4.98. The van der Waals surface area contributed by atoms with Gasteiger partial charge in [-0.3, -0.25) is 14.9 Å². The van der Waals surface area contributed by atoms with E-state index in [1.165, 1.54) is 17.8 Å². The SMILES string of the molecule is O=c1ccn(CCc2ccc3c(c2)CCO3)cc1[N+](=O)[O-]. The van der Waals surface area contributed by atoms with Gasteiger partial charge in [0.15, 0.2) is 0 Å². The summed E-state index contributed by atoms with van der Waals surface area (Å²) in [5.74, 6) is 0.942. The quantitative estimate of drug-likeness (QED) is 0.636. The second-order valence-electron chi connectivity index (χ2n) is 4.98. The molecule has 3 rings (SSSR count). The van der Waals surface area contributed by atoms with Crippen LogP contribution in [0.25, 0.3) is 0 Å². The van der Waals surface area contributed by atoms with Gasteiger partial charge in [0.05, 0.1) is 17.7 Å². The zero-order valence-corrected chi connectivity index (χ0v) is 11.3. The standard InChI is InChI=1S/C15H14N2O4/c18-14-4-7-16(10-13(14)17(19)20)6-3-11-1-2-15-12(9-11)5-8-21-15/h1-2,4,7,9-10H,3,5-6,8H2. The number of nitro groups is 1. The first-order valence-electron chi connectivity index (χ1n) is 6.72. The number of hydrogen-bond donors (Lipinski definition) is 0. The minimum atomic E-state index is -0.647. The van der Waals surface area contributed by atoms with Crippen molar-refractivity contribution in [2.45, 2.75) is 19.4 Å². The molecule has 2 heterocycles. The highest BCUT2D eigenvalue weighted by molar-refractivity contribution is 5.39. The molecular formula is C15H14N2O4. The third-order valence-corrected chi connectivity index (χ3v) is 3.57. The Labute approximate surface area is 120 Å². The van der Waals surface area contributed by atoms with E-state index >= 15 is 0 Å². The van der Waals surface area contributed by atoms with Crippen LogP contribution >= 0.6 is 0 Å². The van der Waals surface area contributed by atoms with E-state index in [-0.39, 0.29) is 5.69 Å². The lowest BCUT2D eigenvalue weighted by atomic mass is 10.1. The van der Waals surface area contributed by atoms with E-state index in [1.807, 2.05) is 12.1 Å². The number of rotatable bonds is 4. The van der Waals surface area contributed by atoms with Crippen LogP contribution in [0.15, 0.2) is 41.5 Å². The number of ether oxygens (including phenoxy) is 1. The van der Waals surface area contributed by atoms with Crippen LogP contribution in [0.3, 0.4) is 0 Å². The number of benzene rings is 1. The normalized spacial score (nSPS) is 12.8. The molecule has 1 aromatic heterocycles. The van der Waals surface area contributed by atoms with Gasteiger partial charge in [0.1, 0.15) is 5.75 Å². The lowest BCUT2D eigenvalue weighted by Crippen LogP contribution is -2.11. The first-order chi connectivity index (χ1) is 10.1. The van der Waals surface area contributed by atoms with Gasteiger partial charge in [0.25, 0.3) is 5.43 Å². The van der Waals surface area contributed by atoms with Crippen LogP contribution in [0, 0.1) is 10.1 Å². The fourth-order valence-electron chi connectivity index (χ4n) is 2.44. The molecule has 6 heteroatoms. The number of aromatic nitrogens is 1. The number of aryl methyl sites for hydroxylation is 2. The van der Waals surface area contributed by atoms with Crippen molar-refractivity contribution in [2.75, 3.05) is 6.61 Å². The van der Waals surface area contributed by atoms with Crippen molar-refractivity contribution in [1.82, 2.24) is 4.57 Å². The molecule has 108 valence electrons. The van der Waals surface area contributed by atoms with Crippen molar-refractivity contribution in [3.05, 3.63) is 68.1 Å². The summed E-state index contributed by atoms with van der Waals surface area (Å²) in [7, 11) is 0. The third-order valence-electron chi connectivity index (χ3n) is 3.57. The van der Waals surface area contributed by atoms with Crippen LogP contribution in [-0.2, 0) is 19.4 Å². The molecule has 2 aromatic rings. The largest absolute Gasteiger partial charge is 0.493 e. The fourth-order valence-corrected chi connectivity index (χ4v) is 2.44. The molecule has 0 radical (unpaired) electrons. The summed E-state index contributed by atoms with van der Waals surface area (Å²) in [5, 5.41) is 10.8. The van der Waals surface area contributed by atoms with Crippen molar-refractivity contribution in [2.24, 2.45) is 0 Å². The molecule has 0 N–H and O–H groups in total. The van der Waals surface area contributed by atoms with Crippen LogP contribution in [0.1, 0.15) is 11.1 Å². The van der Waals surface area contributed by atoms with E-state index in [9.17, 15) is 14.9 Å². The van der Waals surface area contributed by atoms with Gasteiger partial charge in [0.2, 0.25) is 0 Å². The predicted octanol–water partition coefficient (Wildman–Crippen LogP) is 1.93. The maximum absolute atomic E-state index is 11.3. The highest BCUT2D eigenvalue weighted by Crippen LogP contribution is 2.26. The average Bonchev–Trinajstić information content (AvgIpc) is 2.93. The Hall–Kier alpha value is -2.63. The highest BCUT2D eigenvalue weighted by atomic mass is 16.6. The van der Waals surface area contributed by atoms with Gasteiger partial charge in [-0.05, 0) is 23.6 Å². The van der Waals surface area contributed by atoms with Crippen molar-refractivity contribution < 1.29 is 9.66 Å². The number of fused-ring (bicyclic) bond motifs is 1. The van der Waals surface area contributed by atoms with Crippen molar-refractivity contribution in [1.29, 1.82) is 0 Å². The highest BCUT2D eigenvalue weighted by Gasteiger charge is 2.13. The van der Waals surface area contributed by atoms with Gasteiger partial charge in [0, 0.05) is 25.2 Å². The zero-order chi connectivity index (χ0) is 14.8. The minimum Gasteiger partial charge on any atom is -0.493 e. The van der Waals surface area contributed by atoms with Crippen LogP contribution in [-0.4, -0.2) is 16.1 Å². The molecule has 0 fully saturated rings. The zero-order valence-electron chi connectivity index (χ0n) is 11.3. The molecule has 0 saturated heterocycles. The lowest BCUT2D eigenvalue weighted by Gasteiger charge is -2.07. The molecule has 0 bridgehead atoms. The molecule has 1 aliphatic rings. The first kappa shape index (κ1) is 13.4. The van der Waals surface area contributed by atoms with Crippen LogP contribution in [0.4, 0.5) is 5.69 Å². The predicted molar refractivity (Wildman–Crippen MR) is 76.7 cm³/mol. The maximum Gasteiger partial charge on any atom is 0.332 e. The molecule has 0 atom stereocenters. The van der Waals surface area contributed by atoms with E-state index in [2.05, 4.69) is 6.07 Å². The molecule has 0 unspecified atom stereocenters. The summed E-state index contributed by atoms with van der Waals surface area (Å²) in [6.45, 7) is 1.31. The number of hydrogen-bond acceptors (Lipinski definition) is 4. The Kier molecular flexibility index (Phi) is 3.43. The van der Waals surface area contributed by atoms with Crippen LogP contribution in [0.2, 0.25) is 0 Å². The Balaban J connectivity index is 1.74. The maximum atomic E-state index is 11.3. The minimum absolute atomic E-state index is 0.389. The van der Waals surface area contributed by atoms with E-state index in [4.69, 9.17) is 4.74 Å². The summed E-state index contributed by atoms with van der Waals surface area (Å²) < 4.78 is 7.13. The van der Waals surface area contributed by atoms with Gasteiger partial charge in [-0.2, -0.15) is 0 Å². The molecule has 0 amide bonds. The molecule has 1 aliphatic heterocycles. The van der Waals surface area contributed by atoms with Gasteiger partial charge < -0.3 is 9.30 Å². The summed E-state index contributed by atoms with van der Waals surface area (Å²) in [6, 6.07) is 7.31. The van der Waals surface area contributed by atoms with Crippen LogP contribution in [0.5, 0.6) is 5.75 Å². The molecular weight excluding hydrogens is 272 g/mol. The monoisotopic (exact) mass is 286 g/mol. The summed E-state index contributed by atoms with van der Waals surface area (Å²) in [5.41, 5.74) is 1.41. The first-order valence-corrected chi connectivity index (χ1v) is 6.72. The average molecular weight is 286 g/mol. The Morgan fingerprint density at radius 3 is 3.00 bits per heavy atom. The van der Waals surface area contributed by atoms with Gasteiger partial charge >= 0.3 is 5.69 Å². The molecule has 21 heavy (non-hydrogen) atoms. The Bertz CT molecular complexity index is 752. The third kappa shape index (κ3) is 2.79. The van der Waals surface area contributed by atoms with Gasteiger partial charge in [-0.1, -0.05) is 12.1 Å². The fraction of sp³-hybridized carbons (Fsp3) is 0.267.